The second-order valence-corrected chi connectivity index (χ2v) is 8.11. The highest BCUT2D eigenvalue weighted by atomic mass is 32.2. The van der Waals surface area contributed by atoms with Crippen molar-refractivity contribution in [2.75, 3.05) is 20.2 Å². The monoisotopic (exact) mass is 398 g/mol. The number of aromatic nitrogens is 1. The summed E-state index contributed by atoms with van der Waals surface area (Å²) in [5.41, 5.74) is 1.77. The highest BCUT2D eigenvalue weighted by Crippen LogP contribution is 2.27. The molecule has 6 heteroatoms. The second kappa shape index (κ2) is 9.58. The molecule has 2 aromatic carbocycles. The Hall–Kier alpha value is -2.31. The minimum Gasteiger partial charge on any atom is -0.492 e. The Morgan fingerprint density at radius 2 is 1.89 bits per heavy atom. The number of hydrogen-bond donors (Lipinski definition) is 0. The number of amides is 1. The van der Waals surface area contributed by atoms with Crippen LogP contribution in [0.15, 0.2) is 64.9 Å². The molecule has 3 rings (SSSR count). The third kappa shape index (κ3) is 5.58. The van der Waals surface area contributed by atoms with Gasteiger partial charge in [-0.3, -0.25) is 4.79 Å². The number of nitrogens with zero attached hydrogens (tertiary/aromatic N) is 2. The molecule has 0 fully saturated rings. The molecule has 0 aliphatic carbocycles. The molecule has 4 nitrogen and oxygen atoms in total. The summed E-state index contributed by atoms with van der Waals surface area (Å²) in [6.45, 7) is 2.99. The van der Waals surface area contributed by atoms with Gasteiger partial charge in [0.25, 0.3) is 5.91 Å². The van der Waals surface area contributed by atoms with E-state index in [0.717, 1.165) is 32.7 Å². The zero-order chi connectivity index (χ0) is 19.1. The number of carbonyl (C=O) groups is 1. The van der Waals surface area contributed by atoms with Crippen LogP contribution >= 0.6 is 23.1 Å². The lowest BCUT2D eigenvalue weighted by atomic mass is 10.2. The summed E-state index contributed by atoms with van der Waals surface area (Å²) in [7, 11) is 1.81. The number of thiazole rings is 1. The Bertz CT molecular complexity index is 881. The van der Waals surface area contributed by atoms with E-state index in [-0.39, 0.29) is 5.91 Å². The SMILES string of the molecule is Cc1nc(CSc2ccccc2C(=O)N(C)CCOc2ccccc2)cs1. The fourth-order valence-corrected chi connectivity index (χ4v) is 4.17. The zero-order valence-electron chi connectivity index (χ0n) is 15.4. The van der Waals surface area contributed by atoms with Crippen molar-refractivity contribution >= 4 is 29.0 Å². The number of carbonyl (C=O) groups excluding carboxylic acids is 1. The lowest BCUT2D eigenvalue weighted by Gasteiger charge is -2.19. The molecule has 140 valence electrons. The Morgan fingerprint density at radius 3 is 2.63 bits per heavy atom. The standard InChI is InChI=1S/C21H22N2O2S2/c1-16-22-17(14-26-16)15-27-20-11-7-6-10-19(20)21(24)23(2)12-13-25-18-8-4-3-5-9-18/h3-11,14H,12-13,15H2,1-2H3. The van der Waals surface area contributed by atoms with Crippen molar-refractivity contribution in [1.29, 1.82) is 0 Å². The maximum atomic E-state index is 12.9. The molecule has 0 saturated heterocycles. The third-order valence-corrected chi connectivity index (χ3v) is 5.87. The van der Waals surface area contributed by atoms with Crippen LogP contribution in [-0.2, 0) is 5.75 Å². The van der Waals surface area contributed by atoms with Crippen LogP contribution in [0.1, 0.15) is 21.1 Å². The van der Waals surface area contributed by atoms with E-state index in [1.807, 2.05) is 68.6 Å². The molecule has 1 amide bonds. The molecule has 0 atom stereocenters. The van der Waals surface area contributed by atoms with Crippen molar-refractivity contribution in [3.05, 3.63) is 76.2 Å². The van der Waals surface area contributed by atoms with Gasteiger partial charge in [-0.15, -0.1) is 23.1 Å². The number of likely N-dealkylation sites (N-methyl/N-ethyl adjacent to an activating group) is 1. The number of para-hydroxylation sites is 1. The molecule has 27 heavy (non-hydrogen) atoms. The van der Waals surface area contributed by atoms with Crippen LogP contribution in [0.2, 0.25) is 0 Å². The number of hydrogen-bond acceptors (Lipinski definition) is 5. The van der Waals surface area contributed by atoms with Crippen molar-refractivity contribution < 1.29 is 9.53 Å². The first kappa shape index (κ1) is 19.5. The Kier molecular flexibility index (Phi) is 6.90. The van der Waals surface area contributed by atoms with Gasteiger partial charge in [0.15, 0.2) is 0 Å². The highest BCUT2D eigenvalue weighted by molar-refractivity contribution is 7.98. The van der Waals surface area contributed by atoms with Crippen LogP contribution in [0, 0.1) is 6.92 Å². The van der Waals surface area contributed by atoms with E-state index < -0.39 is 0 Å². The van der Waals surface area contributed by atoms with E-state index in [1.165, 1.54) is 0 Å². The van der Waals surface area contributed by atoms with Gasteiger partial charge in [-0.25, -0.2) is 4.98 Å². The molecule has 0 bridgehead atoms. The summed E-state index contributed by atoms with van der Waals surface area (Å²) in [5, 5.41) is 3.13. The second-order valence-electron chi connectivity index (χ2n) is 6.03. The number of thioether (sulfide) groups is 1. The first-order valence-corrected chi connectivity index (χ1v) is 10.6. The van der Waals surface area contributed by atoms with Gasteiger partial charge in [0.05, 0.1) is 22.8 Å². The average molecular weight is 399 g/mol. The molecule has 0 aliphatic rings. The van der Waals surface area contributed by atoms with Crippen molar-refractivity contribution in [2.45, 2.75) is 17.6 Å². The highest BCUT2D eigenvalue weighted by Gasteiger charge is 2.16. The van der Waals surface area contributed by atoms with Crippen LogP contribution in [0.3, 0.4) is 0 Å². The predicted molar refractivity (Wildman–Crippen MR) is 112 cm³/mol. The summed E-state index contributed by atoms with van der Waals surface area (Å²) in [6, 6.07) is 17.4. The fourth-order valence-electron chi connectivity index (χ4n) is 2.52. The minimum atomic E-state index is 0.00391. The van der Waals surface area contributed by atoms with E-state index in [4.69, 9.17) is 4.74 Å². The number of ether oxygens (including phenoxy) is 1. The Labute approximate surface area is 168 Å². The molecule has 0 radical (unpaired) electrons. The molecule has 3 aromatic rings. The predicted octanol–water partition coefficient (Wildman–Crippen LogP) is 4.89. The van der Waals surface area contributed by atoms with Gasteiger partial charge in [0, 0.05) is 23.1 Å². The van der Waals surface area contributed by atoms with Crippen LogP contribution in [0.5, 0.6) is 5.75 Å². The van der Waals surface area contributed by atoms with E-state index >= 15 is 0 Å². The van der Waals surface area contributed by atoms with Gasteiger partial charge in [0.1, 0.15) is 12.4 Å². The largest absolute Gasteiger partial charge is 0.492 e. The smallest absolute Gasteiger partial charge is 0.254 e. The molecular weight excluding hydrogens is 376 g/mol. The summed E-state index contributed by atoms with van der Waals surface area (Å²) in [4.78, 5) is 20.0. The summed E-state index contributed by atoms with van der Waals surface area (Å²) >= 11 is 3.29. The average Bonchev–Trinajstić information content (AvgIpc) is 3.12. The van der Waals surface area contributed by atoms with Gasteiger partial charge in [-0.05, 0) is 31.2 Å². The van der Waals surface area contributed by atoms with Crippen LogP contribution in [0.4, 0.5) is 0 Å². The van der Waals surface area contributed by atoms with Crippen LogP contribution in [-0.4, -0.2) is 36.0 Å². The molecular formula is C21H22N2O2S2. The Balaban J connectivity index is 1.58. The van der Waals surface area contributed by atoms with Gasteiger partial charge < -0.3 is 9.64 Å². The summed E-state index contributed by atoms with van der Waals surface area (Å²) in [5.74, 6) is 1.58. The van der Waals surface area contributed by atoms with Crippen LogP contribution < -0.4 is 4.74 Å². The minimum absolute atomic E-state index is 0.00391. The molecule has 1 aromatic heterocycles. The Morgan fingerprint density at radius 1 is 1.15 bits per heavy atom. The molecule has 0 unspecified atom stereocenters. The van der Waals surface area contributed by atoms with E-state index in [2.05, 4.69) is 10.4 Å². The van der Waals surface area contributed by atoms with E-state index in [1.54, 1.807) is 28.0 Å². The number of aryl methyl sites for hydroxylation is 1. The van der Waals surface area contributed by atoms with Crippen molar-refractivity contribution in [1.82, 2.24) is 9.88 Å². The number of rotatable bonds is 8. The summed E-state index contributed by atoms with van der Waals surface area (Å²) in [6.07, 6.45) is 0. The van der Waals surface area contributed by atoms with Gasteiger partial charge in [0.2, 0.25) is 0 Å². The first-order chi connectivity index (χ1) is 13.1. The van der Waals surface area contributed by atoms with Gasteiger partial charge in [-0.1, -0.05) is 30.3 Å². The van der Waals surface area contributed by atoms with Gasteiger partial charge in [-0.2, -0.15) is 0 Å². The van der Waals surface area contributed by atoms with Crippen molar-refractivity contribution in [2.24, 2.45) is 0 Å². The van der Waals surface area contributed by atoms with Crippen LogP contribution in [0.25, 0.3) is 0 Å². The van der Waals surface area contributed by atoms with Crippen molar-refractivity contribution in [3.63, 3.8) is 0 Å². The zero-order valence-corrected chi connectivity index (χ0v) is 17.1. The third-order valence-electron chi connectivity index (χ3n) is 3.94. The summed E-state index contributed by atoms with van der Waals surface area (Å²) < 4.78 is 5.69. The lowest BCUT2D eigenvalue weighted by molar-refractivity contribution is 0.0770. The number of benzene rings is 2. The maximum absolute atomic E-state index is 12.9. The molecule has 0 saturated carbocycles. The van der Waals surface area contributed by atoms with Gasteiger partial charge >= 0.3 is 0 Å². The first-order valence-electron chi connectivity index (χ1n) is 8.69. The normalized spacial score (nSPS) is 10.6. The molecule has 1 heterocycles. The van der Waals surface area contributed by atoms with E-state index in [9.17, 15) is 4.79 Å². The maximum Gasteiger partial charge on any atom is 0.254 e. The topological polar surface area (TPSA) is 42.4 Å². The lowest BCUT2D eigenvalue weighted by Crippen LogP contribution is -2.31. The van der Waals surface area contributed by atoms with Crippen molar-refractivity contribution in [3.8, 4) is 5.75 Å². The molecule has 0 N–H and O–H groups in total. The molecule has 0 spiro atoms. The van der Waals surface area contributed by atoms with E-state index in [0.29, 0.717) is 13.2 Å². The fraction of sp³-hybridized carbons (Fsp3) is 0.238. The molecule has 0 aliphatic heterocycles. The quantitative estimate of drug-likeness (QED) is 0.507.